The van der Waals surface area contributed by atoms with Crippen molar-refractivity contribution in [2.24, 2.45) is 0 Å². The van der Waals surface area contributed by atoms with Gasteiger partial charge in [0.05, 0.1) is 12.6 Å². The van der Waals surface area contributed by atoms with Gasteiger partial charge in [0.1, 0.15) is 0 Å². The number of nitrogens with one attached hydrogen (secondary N) is 1. The number of rotatable bonds is 4. The van der Waals surface area contributed by atoms with Crippen LogP contribution < -0.4 is 5.32 Å². The number of aliphatic hydroxyl groups is 1. The molecule has 0 aromatic heterocycles. The van der Waals surface area contributed by atoms with Crippen molar-refractivity contribution in [3.63, 3.8) is 0 Å². The summed E-state index contributed by atoms with van der Waals surface area (Å²) in [4.78, 5) is 10.9. The second kappa shape index (κ2) is 5.84. The lowest BCUT2D eigenvalue weighted by molar-refractivity contribution is -0.116. The predicted molar refractivity (Wildman–Crippen MR) is 58.0 cm³/mol. The van der Waals surface area contributed by atoms with Gasteiger partial charge in [-0.2, -0.15) is 0 Å². The van der Waals surface area contributed by atoms with E-state index in [9.17, 15) is 4.79 Å². The average Bonchev–Trinajstić information content (AvgIpc) is 2.29. The summed E-state index contributed by atoms with van der Waals surface area (Å²) >= 11 is 0. The molecule has 1 atom stereocenters. The Morgan fingerprint density at radius 3 is 2.67 bits per heavy atom. The molecule has 3 heteroatoms. The maximum Gasteiger partial charge on any atom is 0.295 e. The van der Waals surface area contributed by atoms with Crippen LogP contribution in [0.25, 0.3) is 0 Å². The van der Waals surface area contributed by atoms with Crippen molar-refractivity contribution < 1.29 is 9.90 Å². The Labute approximate surface area is 89.1 Å². The van der Waals surface area contributed by atoms with Crippen molar-refractivity contribution >= 4 is 5.91 Å². The minimum atomic E-state index is -0.495. The van der Waals surface area contributed by atoms with Crippen molar-refractivity contribution in [3.05, 3.63) is 35.9 Å². The number of benzene rings is 1. The zero-order chi connectivity index (χ0) is 11.1. The molecule has 3 nitrogen and oxygen atoms in total. The van der Waals surface area contributed by atoms with Gasteiger partial charge in [0.25, 0.3) is 5.91 Å². The normalized spacial score (nSPS) is 11.5. The Hall–Kier alpha value is -1.79. The van der Waals surface area contributed by atoms with Gasteiger partial charge in [-0.1, -0.05) is 30.3 Å². The van der Waals surface area contributed by atoms with Crippen LogP contribution in [0.5, 0.6) is 0 Å². The lowest BCUT2D eigenvalue weighted by Crippen LogP contribution is -2.38. The van der Waals surface area contributed by atoms with Gasteiger partial charge < -0.3 is 10.4 Å². The first-order valence-corrected chi connectivity index (χ1v) is 4.68. The van der Waals surface area contributed by atoms with E-state index in [0.717, 1.165) is 5.56 Å². The standard InChI is InChI=1S/C12H13NO2/c1-2-12(15)13-11(9-14)8-10-6-4-3-5-7-10/h1,3-7,11,14H,8-9H2,(H,13,15)/t11-/m0/s1. The van der Waals surface area contributed by atoms with Crippen LogP contribution in [0.2, 0.25) is 0 Å². The third-order valence-corrected chi connectivity index (χ3v) is 2.01. The summed E-state index contributed by atoms with van der Waals surface area (Å²) in [6.45, 7) is -0.123. The number of carbonyl (C=O) groups excluding carboxylic acids is 1. The fraction of sp³-hybridized carbons (Fsp3) is 0.250. The van der Waals surface area contributed by atoms with E-state index in [1.54, 1.807) is 0 Å². The van der Waals surface area contributed by atoms with Crippen LogP contribution in [0.4, 0.5) is 0 Å². The Morgan fingerprint density at radius 2 is 2.13 bits per heavy atom. The van der Waals surface area contributed by atoms with Gasteiger partial charge in [0.15, 0.2) is 0 Å². The summed E-state index contributed by atoms with van der Waals surface area (Å²) < 4.78 is 0. The molecule has 15 heavy (non-hydrogen) atoms. The molecular formula is C12H13NO2. The number of aliphatic hydroxyl groups excluding tert-OH is 1. The highest BCUT2D eigenvalue weighted by molar-refractivity contribution is 5.93. The Morgan fingerprint density at radius 1 is 1.47 bits per heavy atom. The molecule has 0 heterocycles. The van der Waals surface area contributed by atoms with Crippen LogP contribution in [0.1, 0.15) is 5.56 Å². The molecule has 1 aromatic carbocycles. The molecule has 0 fully saturated rings. The van der Waals surface area contributed by atoms with Gasteiger partial charge in [0.2, 0.25) is 0 Å². The van der Waals surface area contributed by atoms with E-state index in [1.165, 1.54) is 0 Å². The van der Waals surface area contributed by atoms with Gasteiger partial charge in [-0.25, -0.2) is 0 Å². The fourth-order valence-corrected chi connectivity index (χ4v) is 1.29. The highest BCUT2D eigenvalue weighted by Gasteiger charge is 2.09. The van der Waals surface area contributed by atoms with Crippen molar-refractivity contribution in [2.75, 3.05) is 6.61 Å². The lowest BCUT2D eigenvalue weighted by atomic mass is 10.1. The molecule has 0 aliphatic carbocycles. The number of terminal acetylenes is 1. The van der Waals surface area contributed by atoms with Gasteiger partial charge in [-0.15, -0.1) is 6.42 Å². The van der Waals surface area contributed by atoms with Crippen LogP contribution in [-0.2, 0) is 11.2 Å². The summed E-state index contributed by atoms with van der Waals surface area (Å²) in [7, 11) is 0. The van der Waals surface area contributed by atoms with Crippen molar-refractivity contribution in [1.82, 2.24) is 5.32 Å². The number of hydrogen-bond acceptors (Lipinski definition) is 2. The third kappa shape index (κ3) is 3.84. The second-order valence-corrected chi connectivity index (χ2v) is 3.19. The van der Waals surface area contributed by atoms with Crippen LogP contribution in [0.3, 0.4) is 0 Å². The number of hydrogen-bond donors (Lipinski definition) is 2. The first-order chi connectivity index (χ1) is 7.26. The third-order valence-electron chi connectivity index (χ3n) is 2.01. The molecule has 2 N–H and O–H groups in total. The largest absolute Gasteiger partial charge is 0.394 e. The summed E-state index contributed by atoms with van der Waals surface area (Å²) in [5.41, 5.74) is 1.05. The lowest BCUT2D eigenvalue weighted by Gasteiger charge is -2.14. The number of amides is 1. The van der Waals surface area contributed by atoms with E-state index in [-0.39, 0.29) is 12.6 Å². The Balaban J connectivity index is 2.55. The van der Waals surface area contributed by atoms with E-state index in [1.807, 2.05) is 36.3 Å². The molecule has 0 saturated carbocycles. The zero-order valence-corrected chi connectivity index (χ0v) is 8.31. The van der Waals surface area contributed by atoms with Crippen molar-refractivity contribution in [3.8, 4) is 12.3 Å². The van der Waals surface area contributed by atoms with Gasteiger partial charge in [0, 0.05) is 0 Å². The molecule has 0 bridgehead atoms. The molecule has 0 spiro atoms. The SMILES string of the molecule is C#CC(=O)N[C@H](CO)Cc1ccccc1. The molecule has 1 aromatic rings. The maximum atomic E-state index is 10.9. The Bertz CT molecular complexity index is 354. The van der Waals surface area contributed by atoms with Crippen LogP contribution in [0, 0.1) is 12.3 Å². The molecule has 0 aliphatic heterocycles. The highest BCUT2D eigenvalue weighted by Crippen LogP contribution is 2.02. The van der Waals surface area contributed by atoms with Gasteiger partial charge in [-0.3, -0.25) is 4.79 Å². The molecule has 78 valence electrons. The monoisotopic (exact) mass is 203 g/mol. The maximum absolute atomic E-state index is 10.9. The summed E-state index contributed by atoms with van der Waals surface area (Å²) in [6.07, 6.45) is 5.50. The summed E-state index contributed by atoms with van der Waals surface area (Å²) in [5.74, 6) is 1.46. The Kier molecular flexibility index (Phi) is 4.39. The van der Waals surface area contributed by atoms with Crippen LogP contribution in [0.15, 0.2) is 30.3 Å². The quantitative estimate of drug-likeness (QED) is 0.693. The predicted octanol–water partition coefficient (Wildman–Crippen LogP) is 0.339. The van der Waals surface area contributed by atoms with E-state index in [0.29, 0.717) is 6.42 Å². The minimum Gasteiger partial charge on any atom is -0.394 e. The summed E-state index contributed by atoms with van der Waals surface area (Å²) in [5, 5.41) is 11.6. The van der Waals surface area contributed by atoms with E-state index in [4.69, 9.17) is 11.5 Å². The molecular weight excluding hydrogens is 190 g/mol. The summed E-state index contributed by atoms with van der Waals surface area (Å²) in [6, 6.07) is 9.28. The molecule has 0 aliphatic rings. The molecule has 0 unspecified atom stereocenters. The minimum absolute atomic E-state index is 0.123. The van der Waals surface area contributed by atoms with Crippen molar-refractivity contribution in [2.45, 2.75) is 12.5 Å². The van der Waals surface area contributed by atoms with Gasteiger partial charge in [-0.05, 0) is 17.9 Å². The van der Waals surface area contributed by atoms with E-state index in [2.05, 4.69) is 5.32 Å². The fourth-order valence-electron chi connectivity index (χ4n) is 1.29. The second-order valence-electron chi connectivity index (χ2n) is 3.19. The van der Waals surface area contributed by atoms with Crippen LogP contribution >= 0.6 is 0 Å². The average molecular weight is 203 g/mol. The van der Waals surface area contributed by atoms with E-state index < -0.39 is 5.91 Å². The highest BCUT2D eigenvalue weighted by atomic mass is 16.3. The molecule has 0 radical (unpaired) electrons. The first kappa shape index (κ1) is 11.3. The first-order valence-electron chi connectivity index (χ1n) is 4.68. The molecule has 1 amide bonds. The molecule has 1 rings (SSSR count). The smallest absolute Gasteiger partial charge is 0.295 e. The zero-order valence-electron chi connectivity index (χ0n) is 8.31. The van der Waals surface area contributed by atoms with Crippen LogP contribution in [-0.4, -0.2) is 23.7 Å². The molecule has 0 saturated heterocycles. The number of carbonyl (C=O) groups is 1. The van der Waals surface area contributed by atoms with Gasteiger partial charge >= 0.3 is 0 Å². The van der Waals surface area contributed by atoms with E-state index >= 15 is 0 Å². The topological polar surface area (TPSA) is 49.3 Å². The van der Waals surface area contributed by atoms with Crippen molar-refractivity contribution in [1.29, 1.82) is 0 Å².